The van der Waals surface area contributed by atoms with Gasteiger partial charge in [0.15, 0.2) is 0 Å². The average molecular weight is 208 g/mol. The Labute approximate surface area is 87.5 Å². The summed E-state index contributed by atoms with van der Waals surface area (Å²) < 4.78 is 13.2. The molecule has 1 saturated heterocycles. The Morgan fingerprint density at radius 1 is 1.47 bits per heavy atom. The molecule has 3 nitrogen and oxygen atoms in total. The average Bonchev–Trinajstić information content (AvgIpc) is 2.69. The number of primary amides is 1. The Balaban J connectivity index is 2.34. The highest BCUT2D eigenvalue weighted by Gasteiger charge is 2.18. The van der Waals surface area contributed by atoms with Gasteiger partial charge < -0.3 is 11.1 Å². The van der Waals surface area contributed by atoms with Crippen LogP contribution in [0.15, 0.2) is 18.2 Å². The monoisotopic (exact) mass is 208 g/mol. The Hall–Kier alpha value is -1.42. The zero-order chi connectivity index (χ0) is 10.8. The molecule has 3 N–H and O–H groups in total. The van der Waals surface area contributed by atoms with Crippen LogP contribution in [-0.4, -0.2) is 12.5 Å². The second-order valence-corrected chi connectivity index (χ2v) is 3.79. The van der Waals surface area contributed by atoms with E-state index in [0.717, 1.165) is 24.9 Å². The third kappa shape index (κ3) is 2.15. The zero-order valence-corrected chi connectivity index (χ0v) is 8.29. The molecule has 1 amide bonds. The summed E-state index contributed by atoms with van der Waals surface area (Å²) in [4.78, 5) is 11.0. The van der Waals surface area contributed by atoms with Crippen LogP contribution < -0.4 is 11.1 Å². The van der Waals surface area contributed by atoms with Gasteiger partial charge in [-0.2, -0.15) is 0 Å². The standard InChI is InChI=1S/C11H13FN2O/c12-9-5-7(10-2-1-3-14-10)4-8(6-9)11(13)15/h4-6,10,14H,1-3H2,(H2,13,15)/t10-/m1/s1. The lowest BCUT2D eigenvalue weighted by molar-refractivity contribution is 0.0999. The lowest BCUT2D eigenvalue weighted by Gasteiger charge is -2.11. The van der Waals surface area contributed by atoms with Crippen molar-refractivity contribution in [3.63, 3.8) is 0 Å². The Bertz CT molecular complexity index is 386. The molecule has 1 aromatic rings. The summed E-state index contributed by atoms with van der Waals surface area (Å²) in [6.45, 7) is 0.938. The molecule has 15 heavy (non-hydrogen) atoms. The van der Waals surface area contributed by atoms with E-state index in [-0.39, 0.29) is 11.6 Å². The number of amides is 1. The van der Waals surface area contributed by atoms with Crippen molar-refractivity contribution in [1.82, 2.24) is 5.32 Å². The first kappa shape index (κ1) is 10.1. The van der Waals surface area contributed by atoms with Crippen molar-refractivity contribution in [3.8, 4) is 0 Å². The van der Waals surface area contributed by atoms with Gasteiger partial charge in [-0.15, -0.1) is 0 Å². The van der Waals surface area contributed by atoms with Crippen molar-refractivity contribution in [2.75, 3.05) is 6.54 Å². The summed E-state index contributed by atoms with van der Waals surface area (Å²) in [5, 5.41) is 3.25. The first-order valence-corrected chi connectivity index (χ1v) is 5.00. The van der Waals surface area contributed by atoms with Crippen LogP contribution in [0.2, 0.25) is 0 Å². The van der Waals surface area contributed by atoms with Crippen LogP contribution in [0.25, 0.3) is 0 Å². The second-order valence-electron chi connectivity index (χ2n) is 3.79. The molecule has 1 aliphatic rings. The molecule has 0 aliphatic carbocycles. The fourth-order valence-corrected chi connectivity index (χ4v) is 1.92. The van der Waals surface area contributed by atoms with Gasteiger partial charge in [0, 0.05) is 11.6 Å². The first-order valence-electron chi connectivity index (χ1n) is 5.00. The third-order valence-corrected chi connectivity index (χ3v) is 2.67. The fraction of sp³-hybridized carbons (Fsp3) is 0.364. The molecule has 2 rings (SSSR count). The number of carbonyl (C=O) groups excluding carboxylic acids is 1. The van der Waals surface area contributed by atoms with Crippen LogP contribution in [0, 0.1) is 5.82 Å². The highest BCUT2D eigenvalue weighted by molar-refractivity contribution is 5.92. The number of rotatable bonds is 2. The number of hydrogen-bond donors (Lipinski definition) is 2. The molecule has 0 unspecified atom stereocenters. The van der Waals surface area contributed by atoms with Gasteiger partial charge in [0.05, 0.1) is 0 Å². The quantitative estimate of drug-likeness (QED) is 0.770. The number of benzene rings is 1. The highest BCUT2D eigenvalue weighted by Crippen LogP contribution is 2.24. The lowest BCUT2D eigenvalue weighted by Crippen LogP contribution is -2.16. The zero-order valence-electron chi connectivity index (χ0n) is 8.29. The largest absolute Gasteiger partial charge is 0.366 e. The third-order valence-electron chi connectivity index (χ3n) is 2.67. The molecule has 80 valence electrons. The number of hydrogen-bond acceptors (Lipinski definition) is 2. The minimum Gasteiger partial charge on any atom is -0.366 e. The van der Waals surface area contributed by atoms with Crippen LogP contribution in [0.5, 0.6) is 0 Å². The van der Waals surface area contributed by atoms with E-state index in [0.29, 0.717) is 0 Å². The summed E-state index contributed by atoms with van der Waals surface area (Å²) >= 11 is 0. The Kier molecular flexibility index (Phi) is 2.68. The molecule has 1 atom stereocenters. The summed E-state index contributed by atoms with van der Waals surface area (Å²) in [5.74, 6) is -0.997. The van der Waals surface area contributed by atoms with Gasteiger partial charge >= 0.3 is 0 Å². The summed E-state index contributed by atoms with van der Waals surface area (Å²) in [7, 11) is 0. The van der Waals surface area contributed by atoms with E-state index in [9.17, 15) is 9.18 Å². The van der Waals surface area contributed by atoms with Crippen LogP contribution in [0.3, 0.4) is 0 Å². The van der Waals surface area contributed by atoms with E-state index in [1.54, 1.807) is 6.07 Å². The molecule has 0 saturated carbocycles. The van der Waals surface area contributed by atoms with Gasteiger partial charge in [-0.05, 0) is 43.1 Å². The molecular formula is C11H13FN2O. The molecule has 1 heterocycles. The second kappa shape index (κ2) is 3.98. The normalized spacial score (nSPS) is 20.5. The maximum atomic E-state index is 13.2. The molecule has 4 heteroatoms. The fourth-order valence-electron chi connectivity index (χ4n) is 1.92. The van der Waals surface area contributed by atoms with Crippen molar-refractivity contribution in [2.45, 2.75) is 18.9 Å². The minimum atomic E-state index is -0.589. The topological polar surface area (TPSA) is 55.1 Å². The first-order chi connectivity index (χ1) is 7.16. The smallest absolute Gasteiger partial charge is 0.248 e. The number of carbonyl (C=O) groups is 1. The van der Waals surface area contributed by atoms with Gasteiger partial charge in [-0.25, -0.2) is 4.39 Å². The van der Waals surface area contributed by atoms with E-state index in [4.69, 9.17) is 5.73 Å². The Morgan fingerprint density at radius 3 is 2.87 bits per heavy atom. The number of halogens is 1. The van der Waals surface area contributed by atoms with E-state index in [1.165, 1.54) is 12.1 Å². The number of nitrogens with one attached hydrogen (secondary N) is 1. The predicted molar refractivity (Wildman–Crippen MR) is 54.9 cm³/mol. The maximum Gasteiger partial charge on any atom is 0.248 e. The van der Waals surface area contributed by atoms with E-state index in [1.807, 2.05) is 0 Å². The maximum absolute atomic E-state index is 13.2. The molecule has 1 fully saturated rings. The van der Waals surface area contributed by atoms with Gasteiger partial charge in [0.25, 0.3) is 0 Å². The molecule has 1 aliphatic heterocycles. The van der Waals surface area contributed by atoms with Crippen LogP contribution >= 0.6 is 0 Å². The van der Waals surface area contributed by atoms with E-state index >= 15 is 0 Å². The lowest BCUT2D eigenvalue weighted by atomic mass is 10.0. The van der Waals surface area contributed by atoms with Crippen LogP contribution in [0.4, 0.5) is 4.39 Å². The summed E-state index contributed by atoms with van der Waals surface area (Å²) in [5.41, 5.74) is 6.17. The minimum absolute atomic E-state index is 0.152. The number of nitrogens with two attached hydrogens (primary N) is 1. The van der Waals surface area contributed by atoms with Crippen LogP contribution in [0.1, 0.15) is 34.8 Å². The van der Waals surface area contributed by atoms with E-state index < -0.39 is 11.7 Å². The van der Waals surface area contributed by atoms with Gasteiger partial charge in [0.1, 0.15) is 5.82 Å². The Morgan fingerprint density at radius 2 is 2.27 bits per heavy atom. The van der Waals surface area contributed by atoms with Gasteiger partial charge in [0.2, 0.25) is 5.91 Å². The predicted octanol–water partition coefficient (Wildman–Crippen LogP) is 1.35. The molecule has 0 aromatic heterocycles. The molecule has 1 aromatic carbocycles. The van der Waals surface area contributed by atoms with Gasteiger partial charge in [-0.1, -0.05) is 0 Å². The molecular weight excluding hydrogens is 195 g/mol. The summed E-state index contributed by atoms with van der Waals surface area (Å²) in [6.07, 6.45) is 2.05. The molecule has 0 bridgehead atoms. The van der Waals surface area contributed by atoms with Crippen molar-refractivity contribution >= 4 is 5.91 Å². The van der Waals surface area contributed by atoms with Crippen molar-refractivity contribution in [1.29, 1.82) is 0 Å². The van der Waals surface area contributed by atoms with Crippen LogP contribution in [-0.2, 0) is 0 Å². The SMILES string of the molecule is NC(=O)c1cc(F)cc([C@H]2CCCN2)c1. The molecule has 0 spiro atoms. The van der Waals surface area contributed by atoms with Gasteiger partial charge in [-0.3, -0.25) is 4.79 Å². The summed E-state index contributed by atoms with van der Waals surface area (Å²) in [6, 6.07) is 4.43. The molecule has 0 radical (unpaired) electrons. The van der Waals surface area contributed by atoms with Crippen molar-refractivity contribution in [3.05, 3.63) is 35.1 Å². The van der Waals surface area contributed by atoms with Crippen molar-refractivity contribution in [2.24, 2.45) is 5.73 Å². The van der Waals surface area contributed by atoms with Crippen molar-refractivity contribution < 1.29 is 9.18 Å². The van der Waals surface area contributed by atoms with E-state index in [2.05, 4.69) is 5.32 Å². The highest BCUT2D eigenvalue weighted by atomic mass is 19.1.